The molecule has 1 heterocycles. The van der Waals surface area contributed by atoms with Crippen molar-refractivity contribution in [2.45, 2.75) is 11.3 Å². The fourth-order valence-corrected chi connectivity index (χ4v) is 4.69. The van der Waals surface area contributed by atoms with Crippen LogP contribution in [0.2, 0.25) is 0 Å². The number of carbonyl (C=O) groups is 1. The molecule has 0 saturated carbocycles. The molecule has 1 aliphatic rings. The second-order valence-electron chi connectivity index (χ2n) is 6.61. The predicted molar refractivity (Wildman–Crippen MR) is 105 cm³/mol. The zero-order chi connectivity index (χ0) is 21.0. The lowest BCUT2D eigenvalue weighted by atomic mass is 10.1. The highest BCUT2D eigenvalue weighted by Gasteiger charge is 2.30. The van der Waals surface area contributed by atoms with Crippen LogP contribution in [0.3, 0.4) is 0 Å². The van der Waals surface area contributed by atoms with Gasteiger partial charge in [0.25, 0.3) is 0 Å². The van der Waals surface area contributed by atoms with Crippen LogP contribution in [0.4, 0.5) is 4.39 Å². The molecule has 2 aromatic rings. The Bertz CT molecular complexity index is 988. The summed E-state index contributed by atoms with van der Waals surface area (Å²) in [6, 6.07) is 10.2. The summed E-state index contributed by atoms with van der Waals surface area (Å²) >= 11 is 0. The van der Waals surface area contributed by atoms with Gasteiger partial charge in [-0.3, -0.25) is 4.79 Å². The number of nitrogens with zero attached hydrogens (tertiary/aromatic N) is 2. The first-order chi connectivity index (χ1) is 13.8. The Morgan fingerprint density at radius 1 is 1.00 bits per heavy atom. The molecule has 1 amide bonds. The first-order valence-electron chi connectivity index (χ1n) is 9.09. The number of halogens is 1. The summed E-state index contributed by atoms with van der Waals surface area (Å²) in [5.74, 6) is 0.429. The molecule has 0 unspecified atom stereocenters. The molecule has 0 aliphatic carbocycles. The molecule has 3 rings (SSSR count). The Kier molecular flexibility index (Phi) is 6.39. The largest absolute Gasteiger partial charge is 0.493 e. The normalized spacial score (nSPS) is 15.2. The highest BCUT2D eigenvalue weighted by atomic mass is 32.2. The van der Waals surface area contributed by atoms with E-state index >= 15 is 0 Å². The monoisotopic (exact) mass is 422 g/mol. The van der Waals surface area contributed by atoms with Crippen molar-refractivity contribution in [1.82, 2.24) is 9.21 Å². The molecule has 29 heavy (non-hydrogen) atoms. The molecule has 7 nitrogen and oxygen atoms in total. The maximum absolute atomic E-state index is 13.4. The van der Waals surface area contributed by atoms with Crippen LogP contribution < -0.4 is 9.47 Å². The Labute approximate surface area is 169 Å². The third-order valence-electron chi connectivity index (χ3n) is 4.83. The Morgan fingerprint density at radius 2 is 1.69 bits per heavy atom. The summed E-state index contributed by atoms with van der Waals surface area (Å²) in [5, 5.41) is 0. The second-order valence-corrected chi connectivity index (χ2v) is 8.55. The van der Waals surface area contributed by atoms with Crippen LogP contribution in [0.15, 0.2) is 47.4 Å². The van der Waals surface area contributed by atoms with E-state index in [1.807, 2.05) is 0 Å². The molecule has 1 saturated heterocycles. The van der Waals surface area contributed by atoms with Crippen LogP contribution in [-0.4, -0.2) is 63.9 Å². The summed E-state index contributed by atoms with van der Waals surface area (Å²) in [5.41, 5.74) is 0.780. The van der Waals surface area contributed by atoms with Gasteiger partial charge in [0.2, 0.25) is 15.9 Å². The van der Waals surface area contributed by atoms with Crippen LogP contribution >= 0.6 is 0 Å². The van der Waals surface area contributed by atoms with Crippen molar-refractivity contribution in [3.63, 3.8) is 0 Å². The molecular formula is C20H23FN2O5S. The first-order valence-corrected chi connectivity index (χ1v) is 10.5. The highest BCUT2D eigenvalue weighted by molar-refractivity contribution is 7.89. The lowest BCUT2D eigenvalue weighted by Gasteiger charge is -2.34. The maximum Gasteiger partial charge on any atom is 0.243 e. The van der Waals surface area contributed by atoms with Crippen LogP contribution in [-0.2, 0) is 21.2 Å². The van der Waals surface area contributed by atoms with Crippen LogP contribution in [0.25, 0.3) is 0 Å². The van der Waals surface area contributed by atoms with Crippen LogP contribution in [0.5, 0.6) is 11.5 Å². The van der Waals surface area contributed by atoms with Gasteiger partial charge in [-0.15, -0.1) is 0 Å². The van der Waals surface area contributed by atoms with E-state index in [1.165, 1.54) is 29.6 Å². The smallest absolute Gasteiger partial charge is 0.243 e. The summed E-state index contributed by atoms with van der Waals surface area (Å²) in [6.07, 6.45) is 0.178. The van der Waals surface area contributed by atoms with Gasteiger partial charge in [-0.2, -0.15) is 4.31 Å². The second kappa shape index (κ2) is 8.79. The minimum atomic E-state index is -3.78. The van der Waals surface area contributed by atoms with Crippen LogP contribution in [0, 0.1) is 5.82 Å². The molecule has 0 N–H and O–H groups in total. The van der Waals surface area contributed by atoms with Gasteiger partial charge in [0, 0.05) is 26.2 Å². The van der Waals surface area contributed by atoms with E-state index < -0.39 is 15.8 Å². The highest BCUT2D eigenvalue weighted by Crippen LogP contribution is 2.28. The van der Waals surface area contributed by atoms with Crippen molar-refractivity contribution in [1.29, 1.82) is 0 Å². The number of sulfonamides is 1. The SMILES string of the molecule is COc1ccc(CC(=O)N2CCN(S(=O)(=O)c3cccc(F)c3)CC2)cc1OC. The number of rotatable bonds is 6. The number of piperazine rings is 1. The first kappa shape index (κ1) is 21.1. The van der Waals surface area contributed by atoms with Crippen molar-refractivity contribution in [2.24, 2.45) is 0 Å². The van der Waals surface area contributed by atoms with E-state index in [9.17, 15) is 17.6 Å². The Morgan fingerprint density at radius 3 is 2.31 bits per heavy atom. The number of ether oxygens (including phenoxy) is 2. The average Bonchev–Trinajstić information content (AvgIpc) is 2.73. The minimum Gasteiger partial charge on any atom is -0.493 e. The number of amides is 1. The molecule has 0 spiro atoms. The molecule has 0 aromatic heterocycles. The van der Waals surface area contributed by atoms with Gasteiger partial charge in [-0.25, -0.2) is 12.8 Å². The predicted octanol–water partition coefficient (Wildman–Crippen LogP) is 1.92. The summed E-state index contributed by atoms with van der Waals surface area (Å²) in [7, 11) is -0.713. The van der Waals surface area contributed by atoms with Gasteiger partial charge in [0.1, 0.15) is 5.82 Å². The van der Waals surface area contributed by atoms with E-state index in [4.69, 9.17) is 9.47 Å². The zero-order valence-electron chi connectivity index (χ0n) is 16.3. The average molecular weight is 422 g/mol. The van der Waals surface area contributed by atoms with E-state index in [0.29, 0.717) is 11.5 Å². The molecular weight excluding hydrogens is 399 g/mol. The van der Waals surface area contributed by atoms with Crippen LogP contribution in [0.1, 0.15) is 5.56 Å². The van der Waals surface area contributed by atoms with Crippen molar-refractivity contribution in [3.05, 3.63) is 53.8 Å². The molecule has 1 aliphatic heterocycles. The lowest BCUT2D eigenvalue weighted by Crippen LogP contribution is -2.50. The number of benzene rings is 2. The van der Waals surface area contributed by atoms with Crippen molar-refractivity contribution in [3.8, 4) is 11.5 Å². The zero-order valence-corrected chi connectivity index (χ0v) is 17.1. The van der Waals surface area contributed by atoms with Gasteiger partial charge >= 0.3 is 0 Å². The summed E-state index contributed by atoms with van der Waals surface area (Å²) in [4.78, 5) is 14.2. The van der Waals surface area contributed by atoms with E-state index in [2.05, 4.69) is 0 Å². The molecule has 0 radical (unpaired) electrons. The number of carbonyl (C=O) groups excluding carboxylic acids is 1. The van der Waals surface area contributed by atoms with Gasteiger partial charge in [0.15, 0.2) is 11.5 Å². The summed E-state index contributed by atoms with van der Waals surface area (Å²) in [6.45, 7) is 0.883. The quantitative estimate of drug-likeness (QED) is 0.711. The fraction of sp³-hybridized carbons (Fsp3) is 0.350. The Hall–Kier alpha value is -2.65. The van der Waals surface area contributed by atoms with E-state index in [-0.39, 0.29) is 43.4 Å². The number of hydrogen-bond acceptors (Lipinski definition) is 5. The van der Waals surface area contributed by atoms with Gasteiger partial charge < -0.3 is 14.4 Å². The third kappa shape index (κ3) is 4.68. The van der Waals surface area contributed by atoms with Crippen molar-refractivity contribution >= 4 is 15.9 Å². The molecule has 1 fully saturated rings. The fourth-order valence-electron chi connectivity index (χ4n) is 3.23. The van der Waals surface area contributed by atoms with Crippen molar-refractivity contribution < 1.29 is 27.1 Å². The third-order valence-corrected chi connectivity index (χ3v) is 6.72. The van der Waals surface area contributed by atoms with E-state index in [0.717, 1.165) is 11.6 Å². The van der Waals surface area contributed by atoms with Gasteiger partial charge in [-0.1, -0.05) is 12.1 Å². The molecule has 0 atom stereocenters. The van der Waals surface area contributed by atoms with Gasteiger partial charge in [-0.05, 0) is 35.9 Å². The summed E-state index contributed by atoms with van der Waals surface area (Å²) < 4.78 is 50.5. The molecule has 9 heteroatoms. The van der Waals surface area contributed by atoms with E-state index in [1.54, 1.807) is 30.2 Å². The molecule has 0 bridgehead atoms. The maximum atomic E-state index is 13.4. The number of methoxy groups -OCH3 is 2. The lowest BCUT2D eigenvalue weighted by molar-refractivity contribution is -0.131. The standard InChI is InChI=1S/C20H23FN2O5S/c1-27-18-7-6-15(12-19(18)28-2)13-20(24)22-8-10-23(11-9-22)29(25,26)17-5-3-4-16(21)14-17/h3-7,12,14H,8-11,13H2,1-2H3. The van der Waals surface area contributed by atoms with Crippen molar-refractivity contribution in [2.75, 3.05) is 40.4 Å². The minimum absolute atomic E-state index is 0.0809. The topological polar surface area (TPSA) is 76.2 Å². The number of hydrogen-bond donors (Lipinski definition) is 0. The Balaban J connectivity index is 1.62. The van der Waals surface area contributed by atoms with Gasteiger partial charge in [0.05, 0.1) is 25.5 Å². The molecule has 2 aromatic carbocycles. The molecule has 156 valence electrons.